The molecule has 0 aromatic heterocycles. The summed E-state index contributed by atoms with van der Waals surface area (Å²) in [5, 5.41) is 12.1. The van der Waals surface area contributed by atoms with Crippen LogP contribution in [0.5, 0.6) is 0 Å². The lowest BCUT2D eigenvalue weighted by atomic mass is 10.1. The average molecular weight is 304 g/mol. The molecule has 2 rings (SSSR count). The van der Waals surface area contributed by atoms with E-state index in [2.05, 4.69) is 5.16 Å². The maximum Gasteiger partial charge on any atom is 0.317 e. The van der Waals surface area contributed by atoms with Gasteiger partial charge in [-0.05, 0) is 26.3 Å². The maximum atomic E-state index is 12.2. The molecule has 1 saturated heterocycles. The number of esters is 1. The van der Waals surface area contributed by atoms with E-state index < -0.39 is 23.4 Å². The predicted octanol–water partition coefficient (Wildman–Crippen LogP) is 1.82. The first kappa shape index (κ1) is 16.0. The number of carbonyl (C=O) groups is 2. The molecule has 1 amide bonds. The van der Waals surface area contributed by atoms with Crippen LogP contribution in [-0.4, -0.2) is 39.8 Å². The average Bonchev–Trinajstić information content (AvgIpc) is 2.75. The minimum Gasteiger partial charge on any atom is -0.459 e. The van der Waals surface area contributed by atoms with Gasteiger partial charge in [0.2, 0.25) is 0 Å². The molecule has 1 unspecified atom stereocenters. The Kier molecular flexibility index (Phi) is 4.49. The van der Waals surface area contributed by atoms with Gasteiger partial charge in [-0.2, -0.15) is 0 Å². The van der Waals surface area contributed by atoms with Gasteiger partial charge < -0.3 is 14.8 Å². The van der Waals surface area contributed by atoms with E-state index in [4.69, 9.17) is 9.94 Å². The van der Waals surface area contributed by atoms with Gasteiger partial charge in [-0.1, -0.05) is 35.5 Å². The number of carbonyl (C=O) groups excluding carboxylic acids is 2. The van der Waals surface area contributed by atoms with Crippen molar-refractivity contribution in [3.05, 3.63) is 35.9 Å². The van der Waals surface area contributed by atoms with Crippen molar-refractivity contribution in [2.24, 2.45) is 11.1 Å². The van der Waals surface area contributed by atoms with Gasteiger partial charge in [0.05, 0.1) is 0 Å². The summed E-state index contributed by atoms with van der Waals surface area (Å²) in [7, 11) is 0. The molecule has 1 aliphatic heterocycles. The molecule has 1 aromatic rings. The third-order valence-corrected chi connectivity index (χ3v) is 3.25. The fourth-order valence-electron chi connectivity index (χ4n) is 2.31. The Morgan fingerprint density at radius 1 is 1.36 bits per heavy atom. The monoisotopic (exact) mass is 304 g/mol. The predicted molar refractivity (Wildman–Crippen MR) is 80.4 cm³/mol. The number of hydrogen-bond donors (Lipinski definition) is 1. The van der Waals surface area contributed by atoms with Crippen LogP contribution in [0.25, 0.3) is 0 Å². The van der Waals surface area contributed by atoms with Crippen molar-refractivity contribution in [2.75, 3.05) is 6.54 Å². The molecular formula is C16H20N2O4. The van der Waals surface area contributed by atoms with Gasteiger partial charge in [0, 0.05) is 13.1 Å². The Bertz CT molecular complexity index is 590. The Balaban J connectivity index is 2.14. The molecular weight excluding hydrogens is 284 g/mol. The van der Waals surface area contributed by atoms with Crippen molar-refractivity contribution < 1.29 is 19.5 Å². The van der Waals surface area contributed by atoms with E-state index in [1.165, 1.54) is 4.90 Å². The Hall–Kier alpha value is -2.37. The molecule has 1 N–H and O–H groups in total. The highest BCUT2D eigenvalue weighted by Crippen LogP contribution is 2.22. The molecule has 22 heavy (non-hydrogen) atoms. The number of rotatable bonds is 3. The summed E-state index contributed by atoms with van der Waals surface area (Å²) >= 11 is 0. The molecule has 1 fully saturated rings. The van der Waals surface area contributed by atoms with Crippen LogP contribution in [0, 0.1) is 5.92 Å². The number of oxime groups is 1. The fraction of sp³-hybridized carbons (Fsp3) is 0.438. The van der Waals surface area contributed by atoms with Crippen molar-refractivity contribution >= 4 is 17.6 Å². The fourth-order valence-corrected chi connectivity index (χ4v) is 2.31. The van der Waals surface area contributed by atoms with Crippen LogP contribution in [0.4, 0.5) is 0 Å². The van der Waals surface area contributed by atoms with E-state index in [1.807, 2.05) is 30.3 Å². The van der Waals surface area contributed by atoms with E-state index >= 15 is 0 Å². The van der Waals surface area contributed by atoms with Gasteiger partial charge >= 0.3 is 5.97 Å². The molecule has 0 aliphatic carbocycles. The number of amides is 1. The Morgan fingerprint density at radius 3 is 2.55 bits per heavy atom. The molecule has 1 atom stereocenters. The topological polar surface area (TPSA) is 79.2 Å². The lowest BCUT2D eigenvalue weighted by Crippen LogP contribution is -2.33. The van der Waals surface area contributed by atoms with E-state index in [0.717, 1.165) is 5.56 Å². The summed E-state index contributed by atoms with van der Waals surface area (Å²) in [6, 6.07) is 9.43. The van der Waals surface area contributed by atoms with Crippen molar-refractivity contribution in [1.82, 2.24) is 4.90 Å². The molecule has 0 bridgehead atoms. The van der Waals surface area contributed by atoms with Gasteiger partial charge in [0.1, 0.15) is 11.5 Å². The Labute approximate surface area is 129 Å². The first-order valence-corrected chi connectivity index (χ1v) is 7.10. The minimum absolute atomic E-state index is 0.155. The molecule has 118 valence electrons. The molecule has 1 aromatic carbocycles. The summed E-state index contributed by atoms with van der Waals surface area (Å²) in [5.41, 5.74) is 0.122. The molecule has 6 heteroatoms. The minimum atomic E-state index is -0.861. The summed E-state index contributed by atoms with van der Waals surface area (Å²) < 4.78 is 5.29. The van der Waals surface area contributed by atoms with Gasteiger partial charge in [-0.25, -0.2) is 0 Å². The maximum absolute atomic E-state index is 12.2. The van der Waals surface area contributed by atoms with Crippen LogP contribution in [0.15, 0.2) is 35.5 Å². The van der Waals surface area contributed by atoms with E-state index in [0.29, 0.717) is 6.54 Å². The first-order valence-electron chi connectivity index (χ1n) is 7.10. The van der Waals surface area contributed by atoms with Crippen molar-refractivity contribution in [1.29, 1.82) is 0 Å². The number of likely N-dealkylation sites (tertiary alicyclic amines) is 1. The van der Waals surface area contributed by atoms with Gasteiger partial charge in [-0.3, -0.25) is 9.59 Å². The SMILES string of the molecule is CC(C)(C)OC(=O)C1CN(Cc2ccccc2)C(=O)/C1=N/O. The Morgan fingerprint density at radius 2 is 2.00 bits per heavy atom. The zero-order chi connectivity index (χ0) is 16.3. The van der Waals surface area contributed by atoms with E-state index in [1.54, 1.807) is 20.8 Å². The lowest BCUT2D eigenvalue weighted by Gasteiger charge is -2.22. The summed E-state index contributed by atoms with van der Waals surface area (Å²) in [4.78, 5) is 25.9. The van der Waals surface area contributed by atoms with E-state index in [9.17, 15) is 9.59 Å². The standard InChI is InChI=1S/C16H20N2O4/c1-16(2,3)22-15(20)12-10-18(14(19)13(12)17-21)9-11-7-5-4-6-8-11/h4-8,12,21H,9-10H2,1-3H3/b17-13+. The highest BCUT2D eigenvalue weighted by molar-refractivity contribution is 6.44. The number of hydrogen-bond acceptors (Lipinski definition) is 5. The smallest absolute Gasteiger partial charge is 0.317 e. The second kappa shape index (κ2) is 6.17. The highest BCUT2D eigenvalue weighted by Gasteiger charge is 2.43. The van der Waals surface area contributed by atoms with Crippen molar-refractivity contribution in [3.8, 4) is 0 Å². The molecule has 1 heterocycles. The third kappa shape index (κ3) is 3.63. The number of benzene rings is 1. The van der Waals surface area contributed by atoms with E-state index in [-0.39, 0.29) is 12.3 Å². The van der Waals surface area contributed by atoms with Crippen LogP contribution in [0.3, 0.4) is 0 Å². The van der Waals surface area contributed by atoms with Crippen LogP contribution >= 0.6 is 0 Å². The molecule has 0 radical (unpaired) electrons. The van der Waals surface area contributed by atoms with Crippen LogP contribution in [-0.2, 0) is 20.9 Å². The van der Waals surface area contributed by atoms with Crippen LogP contribution in [0.2, 0.25) is 0 Å². The van der Waals surface area contributed by atoms with Crippen LogP contribution in [0.1, 0.15) is 26.3 Å². The summed E-state index contributed by atoms with van der Waals surface area (Å²) in [5.74, 6) is -1.85. The summed E-state index contributed by atoms with van der Waals surface area (Å²) in [6.07, 6.45) is 0. The second-order valence-corrected chi connectivity index (χ2v) is 6.24. The number of nitrogens with zero attached hydrogens (tertiary/aromatic N) is 2. The third-order valence-electron chi connectivity index (χ3n) is 3.25. The zero-order valence-corrected chi connectivity index (χ0v) is 12.9. The molecule has 1 aliphatic rings. The number of ether oxygens (including phenoxy) is 1. The summed E-state index contributed by atoms with van der Waals surface area (Å²) in [6.45, 7) is 5.76. The van der Waals surface area contributed by atoms with Gasteiger partial charge in [0.25, 0.3) is 5.91 Å². The molecule has 0 saturated carbocycles. The highest BCUT2D eigenvalue weighted by atomic mass is 16.6. The molecule has 0 spiro atoms. The largest absolute Gasteiger partial charge is 0.459 e. The first-order chi connectivity index (χ1) is 10.3. The van der Waals surface area contributed by atoms with Gasteiger partial charge in [0.15, 0.2) is 5.71 Å². The molecule has 6 nitrogen and oxygen atoms in total. The van der Waals surface area contributed by atoms with Crippen molar-refractivity contribution in [3.63, 3.8) is 0 Å². The quantitative estimate of drug-likeness (QED) is 0.525. The zero-order valence-electron chi connectivity index (χ0n) is 12.9. The van der Waals surface area contributed by atoms with Gasteiger partial charge in [-0.15, -0.1) is 0 Å². The van der Waals surface area contributed by atoms with Crippen LogP contribution < -0.4 is 0 Å². The normalized spacial score (nSPS) is 20.5. The second-order valence-electron chi connectivity index (χ2n) is 6.24. The van der Waals surface area contributed by atoms with Crippen molar-refractivity contribution in [2.45, 2.75) is 32.9 Å². The lowest BCUT2D eigenvalue weighted by molar-refractivity contribution is -0.157.